The summed E-state index contributed by atoms with van der Waals surface area (Å²) in [4.78, 5) is 2.26. The summed E-state index contributed by atoms with van der Waals surface area (Å²) >= 11 is 15.7. The third-order valence-corrected chi connectivity index (χ3v) is 7.63. The maximum Gasteiger partial charge on any atom is 0.243 e. The lowest BCUT2D eigenvalue weighted by molar-refractivity contribution is 0.383. The lowest BCUT2D eigenvalue weighted by Crippen LogP contribution is -2.48. The van der Waals surface area contributed by atoms with Gasteiger partial charge in [0, 0.05) is 32.2 Å². The lowest BCUT2D eigenvalue weighted by atomic mass is 10.2. The summed E-state index contributed by atoms with van der Waals surface area (Å²) in [6, 6.07) is 10.2. The van der Waals surface area contributed by atoms with Crippen LogP contribution in [0, 0.1) is 0 Å². The van der Waals surface area contributed by atoms with Crippen molar-refractivity contribution >= 4 is 54.8 Å². The number of hydrogen-bond donors (Lipinski definition) is 0. The average Bonchev–Trinajstić information content (AvgIpc) is 2.64. The van der Waals surface area contributed by atoms with Crippen molar-refractivity contribution in [2.45, 2.75) is 4.90 Å². The Hall–Kier alpha value is -0.990. The van der Waals surface area contributed by atoms with E-state index in [4.69, 9.17) is 27.9 Å². The van der Waals surface area contributed by atoms with E-state index in [1.165, 1.54) is 17.5 Å². The number of anilines is 1. The van der Waals surface area contributed by atoms with Gasteiger partial charge in [-0.25, -0.2) is 8.42 Å². The topological polar surface area (TPSA) is 49.9 Å². The highest BCUT2D eigenvalue weighted by Crippen LogP contribution is 2.34. The first kappa shape index (κ1) is 19.8. The minimum Gasteiger partial charge on any atom is -0.496 e. The van der Waals surface area contributed by atoms with E-state index in [-0.39, 0.29) is 4.90 Å². The van der Waals surface area contributed by atoms with Gasteiger partial charge in [0.25, 0.3) is 0 Å². The molecule has 1 fully saturated rings. The summed E-state index contributed by atoms with van der Waals surface area (Å²) in [6.45, 7) is 1.80. The van der Waals surface area contributed by atoms with Gasteiger partial charge in [0.15, 0.2) is 0 Å². The Kier molecular flexibility index (Phi) is 6.04. The van der Waals surface area contributed by atoms with Crippen molar-refractivity contribution in [3.05, 3.63) is 50.9 Å². The number of benzene rings is 2. The first-order chi connectivity index (χ1) is 12.3. The summed E-state index contributed by atoms with van der Waals surface area (Å²) in [7, 11) is -2.08. The summed E-state index contributed by atoms with van der Waals surface area (Å²) < 4.78 is 33.2. The molecule has 1 heterocycles. The molecule has 3 rings (SSSR count). The highest BCUT2D eigenvalue weighted by atomic mass is 79.9. The van der Waals surface area contributed by atoms with Crippen LogP contribution in [0.4, 0.5) is 5.69 Å². The van der Waals surface area contributed by atoms with E-state index in [0.717, 1.165) is 5.69 Å². The van der Waals surface area contributed by atoms with Gasteiger partial charge in [0.05, 0.1) is 32.2 Å². The molecular weight excluding hydrogens is 463 g/mol. The van der Waals surface area contributed by atoms with Crippen LogP contribution >= 0.6 is 39.1 Å². The Labute approximate surface area is 171 Å². The first-order valence-electron chi connectivity index (χ1n) is 7.87. The normalized spacial score (nSPS) is 15.9. The van der Waals surface area contributed by atoms with Gasteiger partial charge in [-0.2, -0.15) is 4.31 Å². The smallest absolute Gasteiger partial charge is 0.243 e. The molecule has 1 saturated heterocycles. The van der Waals surface area contributed by atoms with Crippen LogP contribution < -0.4 is 9.64 Å². The highest BCUT2D eigenvalue weighted by molar-refractivity contribution is 9.10. The number of rotatable bonds is 4. The average molecular weight is 480 g/mol. The SMILES string of the molecule is COc1cc(S(=O)(=O)N2CCN(c3cccc(Cl)c3Cl)CC2)ccc1Br. The second-order valence-electron chi connectivity index (χ2n) is 5.76. The van der Waals surface area contributed by atoms with Crippen LogP contribution in [0.15, 0.2) is 45.8 Å². The molecule has 2 aromatic rings. The molecule has 0 atom stereocenters. The van der Waals surface area contributed by atoms with Gasteiger partial charge < -0.3 is 9.64 Å². The van der Waals surface area contributed by atoms with Gasteiger partial charge in [-0.1, -0.05) is 29.3 Å². The quantitative estimate of drug-likeness (QED) is 0.656. The van der Waals surface area contributed by atoms with Gasteiger partial charge in [-0.05, 0) is 40.2 Å². The molecule has 1 aliphatic rings. The molecule has 0 amide bonds. The molecule has 0 aliphatic carbocycles. The molecular formula is C17H17BrCl2N2O3S. The van der Waals surface area contributed by atoms with Crippen LogP contribution in [0.3, 0.4) is 0 Å². The molecule has 26 heavy (non-hydrogen) atoms. The molecule has 0 saturated carbocycles. The first-order valence-corrected chi connectivity index (χ1v) is 10.9. The van der Waals surface area contributed by atoms with Gasteiger partial charge in [0.1, 0.15) is 5.75 Å². The van der Waals surface area contributed by atoms with Gasteiger partial charge in [0.2, 0.25) is 10.0 Å². The second-order valence-corrected chi connectivity index (χ2v) is 9.34. The van der Waals surface area contributed by atoms with Crippen LogP contribution in [0.1, 0.15) is 0 Å². The minimum atomic E-state index is -3.59. The number of ether oxygens (including phenoxy) is 1. The van der Waals surface area contributed by atoms with Gasteiger partial charge >= 0.3 is 0 Å². The van der Waals surface area contributed by atoms with Crippen molar-refractivity contribution in [3.63, 3.8) is 0 Å². The highest BCUT2D eigenvalue weighted by Gasteiger charge is 2.29. The van der Waals surface area contributed by atoms with E-state index in [2.05, 4.69) is 15.9 Å². The molecule has 0 radical (unpaired) electrons. The third-order valence-electron chi connectivity index (χ3n) is 4.27. The van der Waals surface area contributed by atoms with Crippen molar-refractivity contribution in [1.82, 2.24) is 4.31 Å². The molecule has 140 valence electrons. The predicted octanol–water partition coefficient (Wildman–Crippen LogP) is 4.28. The summed E-state index contributed by atoms with van der Waals surface area (Å²) in [5, 5.41) is 0.976. The fraction of sp³-hybridized carbons (Fsp3) is 0.294. The van der Waals surface area contributed by atoms with Crippen LogP contribution in [0.5, 0.6) is 5.75 Å². The molecule has 5 nitrogen and oxygen atoms in total. The molecule has 2 aromatic carbocycles. The standard InChI is InChI=1S/C17H17BrCl2N2O3S/c1-25-16-11-12(5-6-13(16)18)26(23,24)22-9-7-21(8-10-22)15-4-2-3-14(19)17(15)20/h2-6,11H,7-10H2,1H3. The fourth-order valence-electron chi connectivity index (χ4n) is 2.86. The number of halogens is 3. The zero-order valence-electron chi connectivity index (χ0n) is 14.0. The van der Waals surface area contributed by atoms with E-state index < -0.39 is 10.0 Å². The maximum absolute atomic E-state index is 12.9. The molecule has 9 heteroatoms. The Morgan fingerprint density at radius 2 is 1.77 bits per heavy atom. The molecule has 0 bridgehead atoms. The maximum atomic E-state index is 12.9. The Morgan fingerprint density at radius 3 is 2.42 bits per heavy atom. The molecule has 0 N–H and O–H groups in total. The number of methoxy groups -OCH3 is 1. The third kappa shape index (κ3) is 3.82. The molecule has 1 aliphatic heterocycles. The number of nitrogens with zero attached hydrogens (tertiary/aromatic N) is 2. The van der Waals surface area contributed by atoms with E-state index >= 15 is 0 Å². The minimum absolute atomic E-state index is 0.215. The predicted molar refractivity (Wildman–Crippen MR) is 108 cm³/mol. The van der Waals surface area contributed by atoms with Crippen LogP contribution in [0.2, 0.25) is 10.0 Å². The van der Waals surface area contributed by atoms with Gasteiger partial charge in [-0.15, -0.1) is 0 Å². The van der Waals surface area contributed by atoms with Crippen molar-refractivity contribution in [3.8, 4) is 5.75 Å². The lowest BCUT2D eigenvalue weighted by Gasteiger charge is -2.35. The second kappa shape index (κ2) is 7.94. The molecule has 0 spiro atoms. The van der Waals surface area contributed by atoms with E-state index in [1.807, 2.05) is 17.0 Å². The van der Waals surface area contributed by atoms with Crippen molar-refractivity contribution in [2.75, 3.05) is 38.2 Å². The summed E-state index contributed by atoms with van der Waals surface area (Å²) in [5.41, 5.74) is 0.821. The van der Waals surface area contributed by atoms with Gasteiger partial charge in [-0.3, -0.25) is 0 Å². The Balaban J connectivity index is 1.78. The Morgan fingerprint density at radius 1 is 1.08 bits per heavy atom. The van der Waals surface area contributed by atoms with Crippen molar-refractivity contribution < 1.29 is 13.2 Å². The molecule has 0 aromatic heterocycles. The number of piperazine rings is 1. The molecule has 0 unspecified atom stereocenters. The number of hydrogen-bond acceptors (Lipinski definition) is 4. The monoisotopic (exact) mass is 478 g/mol. The van der Waals surface area contributed by atoms with E-state index in [0.29, 0.717) is 46.4 Å². The fourth-order valence-corrected chi connectivity index (χ4v) is 5.12. The van der Waals surface area contributed by atoms with E-state index in [9.17, 15) is 8.42 Å². The van der Waals surface area contributed by atoms with E-state index in [1.54, 1.807) is 18.2 Å². The van der Waals surface area contributed by atoms with Crippen molar-refractivity contribution in [1.29, 1.82) is 0 Å². The van der Waals surface area contributed by atoms with Crippen LogP contribution in [0.25, 0.3) is 0 Å². The summed E-state index contributed by atoms with van der Waals surface area (Å²) in [5.74, 6) is 0.482. The van der Waals surface area contributed by atoms with Crippen molar-refractivity contribution in [2.24, 2.45) is 0 Å². The summed E-state index contributed by atoms with van der Waals surface area (Å²) in [6.07, 6.45) is 0. The Bertz CT molecular complexity index is 916. The van der Waals surface area contributed by atoms with Crippen LogP contribution in [-0.2, 0) is 10.0 Å². The zero-order valence-corrected chi connectivity index (χ0v) is 17.9. The zero-order chi connectivity index (χ0) is 18.9. The largest absolute Gasteiger partial charge is 0.496 e. The van der Waals surface area contributed by atoms with Crippen LogP contribution in [-0.4, -0.2) is 46.0 Å². The number of sulfonamides is 1.